The summed E-state index contributed by atoms with van der Waals surface area (Å²) >= 11 is 0. The molecule has 0 bridgehead atoms. The van der Waals surface area contributed by atoms with Gasteiger partial charge in [-0.25, -0.2) is 0 Å². The van der Waals surface area contributed by atoms with E-state index in [1.165, 1.54) is 0 Å². The van der Waals surface area contributed by atoms with E-state index in [9.17, 15) is 4.79 Å². The smallest absolute Gasteiger partial charge is 0.278 e. The van der Waals surface area contributed by atoms with Gasteiger partial charge in [0.15, 0.2) is 0 Å². The second-order valence-corrected chi connectivity index (χ2v) is 2.92. The van der Waals surface area contributed by atoms with Crippen molar-refractivity contribution in [3.05, 3.63) is 35.4 Å². The summed E-state index contributed by atoms with van der Waals surface area (Å²) in [5.74, 6) is -0.00873. The lowest BCUT2D eigenvalue weighted by Gasteiger charge is -1.96. The van der Waals surface area contributed by atoms with Crippen LogP contribution in [0, 0.1) is 6.92 Å². The number of carbonyl (C=O) groups is 1. The highest BCUT2D eigenvalue weighted by molar-refractivity contribution is 6.02. The van der Waals surface area contributed by atoms with E-state index in [1.54, 1.807) is 19.1 Å². The Morgan fingerprint density at radius 3 is 2.31 bits per heavy atom. The zero-order valence-electron chi connectivity index (χ0n) is 7.74. The van der Waals surface area contributed by atoms with E-state index in [-0.39, 0.29) is 11.7 Å². The summed E-state index contributed by atoms with van der Waals surface area (Å²) in [7, 11) is 0. The summed E-state index contributed by atoms with van der Waals surface area (Å²) in [6.45, 7) is 3.55. The van der Waals surface area contributed by atoms with Crippen LogP contribution in [0.2, 0.25) is 0 Å². The molecule has 1 aromatic carbocycles. The molecule has 0 atom stereocenters. The number of hydrogen-bond donors (Lipinski definition) is 1. The number of nitrogens with zero attached hydrogens (tertiary/aromatic N) is 1. The summed E-state index contributed by atoms with van der Waals surface area (Å²) in [6.07, 6.45) is 0. The molecular weight excluding hydrogens is 164 g/mol. The molecule has 13 heavy (non-hydrogen) atoms. The van der Waals surface area contributed by atoms with Gasteiger partial charge >= 0.3 is 0 Å². The Morgan fingerprint density at radius 2 is 1.85 bits per heavy atom. The van der Waals surface area contributed by atoms with Gasteiger partial charge in [0, 0.05) is 5.56 Å². The average molecular weight is 176 g/mol. The minimum absolute atomic E-state index is 0.283. The van der Waals surface area contributed by atoms with Crippen LogP contribution in [0.15, 0.2) is 29.3 Å². The van der Waals surface area contributed by atoms with Crippen molar-refractivity contribution in [1.82, 2.24) is 0 Å². The highest BCUT2D eigenvalue weighted by Gasteiger charge is 2.01. The number of hydrogen-bond acceptors (Lipinski definition) is 1. The number of aliphatic imine (C=N–C) groups is 1. The minimum atomic E-state index is -0.292. The number of aryl methyl sites for hydroxylation is 1. The number of amidine groups is 1. The van der Waals surface area contributed by atoms with Gasteiger partial charge < -0.3 is 5.73 Å². The SMILES string of the molecule is CC(N)=NC(=O)c1ccc(C)cc1. The maximum atomic E-state index is 11.3. The van der Waals surface area contributed by atoms with E-state index in [0.717, 1.165) is 5.56 Å². The van der Waals surface area contributed by atoms with Crippen molar-refractivity contribution in [2.75, 3.05) is 0 Å². The maximum absolute atomic E-state index is 11.3. The van der Waals surface area contributed by atoms with E-state index < -0.39 is 0 Å². The summed E-state index contributed by atoms with van der Waals surface area (Å²) in [4.78, 5) is 14.9. The quantitative estimate of drug-likeness (QED) is 0.521. The largest absolute Gasteiger partial charge is 0.387 e. The van der Waals surface area contributed by atoms with Gasteiger partial charge in [0.2, 0.25) is 0 Å². The third kappa shape index (κ3) is 2.71. The average Bonchev–Trinajstić information content (AvgIpc) is 2.04. The minimum Gasteiger partial charge on any atom is -0.387 e. The Kier molecular flexibility index (Phi) is 2.80. The molecule has 0 radical (unpaired) electrons. The number of benzene rings is 1. The molecule has 0 aromatic heterocycles. The molecular formula is C10H12N2O. The number of rotatable bonds is 1. The van der Waals surface area contributed by atoms with Gasteiger partial charge in [-0.2, -0.15) is 4.99 Å². The summed E-state index contributed by atoms with van der Waals surface area (Å²) in [6, 6.07) is 7.22. The monoisotopic (exact) mass is 176 g/mol. The fourth-order valence-electron chi connectivity index (χ4n) is 0.921. The lowest BCUT2D eigenvalue weighted by atomic mass is 10.1. The van der Waals surface area contributed by atoms with E-state index in [4.69, 9.17) is 5.73 Å². The molecule has 1 rings (SSSR count). The van der Waals surface area contributed by atoms with Crippen molar-refractivity contribution >= 4 is 11.7 Å². The molecule has 0 aliphatic rings. The molecule has 3 nitrogen and oxygen atoms in total. The van der Waals surface area contributed by atoms with Gasteiger partial charge in [-0.3, -0.25) is 4.79 Å². The van der Waals surface area contributed by atoms with Crippen LogP contribution in [0.5, 0.6) is 0 Å². The van der Waals surface area contributed by atoms with Crippen LogP contribution >= 0.6 is 0 Å². The van der Waals surface area contributed by atoms with Gasteiger partial charge in [-0.1, -0.05) is 17.7 Å². The molecule has 68 valence electrons. The molecule has 0 unspecified atom stereocenters. The highest BCUT2D eigenvalue weighted by Crippen LogP contribution is 2.04. The Morgan fingerprint density at radius 1 is 1.31 bits per heavy atom. The Balaban J connectivity index is 2.90. The van der Waals surface area contributed by atoms with Gasteiger partial charge in [0.1, 0.15) is 5.84 Å². The standard InChI is InChI=1S/C10H12N2O/c1-7-3-5-9(6-4-7)10(13)12-8(2)11/h3-6H,1-2H3,(H2,11,12,13). The molecule has 1 amide bonds. The van der Waals surface area contributed by atoms with E-state index in [1.807, 2.05) is 19.1 Å². The Bertz CT molecular complexity index is 334. The van der Waals surface area contributed by atoms with Crippen molar-refractivity contribution in [2.24, 2.45) is 10.7 Å². The molecule has 0 aliphatic heterocycles. The lowest BCUT2D eigenvalue weighted by Crippen LogP contribution is -2.09. The van der Waals surface area contributed by atoms with Crippen molar-refractivity contribution in [3.8, 4) is 0 Å². The molecule has 1 aromatic rings. The first-order valence-corrected chi connectivity index (χ1v) is 4.01. The molecule has 0 saturated heterocycles. The predicted molar refractivity (Wildman–Crippen MR) is 52.8 cm³/mol. The zero-order chi connectivity index (χ0) is 9.84. The molecule has 0 fully saturated rings. The van der Waals surface area contributed by atoms with Gasteiger partial charge in [-0.05, 0) is 26.0 Å². The number of nitrogens with two attached hydrogens (primary N) is 1. The second-order valence-electron chi connectivity index (χ2n) is 2.92. The van der Waals surface area contributed by atoms with Gasteiger partial charge in [0.25, 0.3) is 5.91 Å². The van der Waals surface area contributed by atoms with Gasteiger partial charge in [-0.15, -0.1) is 0 Å². The van der Waals surface area contributed by atoms with E-state index in [0.29, 0.717) is 5.56 Å². The highest BCUT2D eigenvalue weighted by atomic mass is 16.1. The first-order chi connectivity index (χ1) is 6.09. The van der Waals surface area contributed by atoms with Crippen LogP contribution in [0.25, 0.3) is 0 Å². The summed E-state index contributed by atoms with van der Waals surface area (Å²) in [5.41, 5.74) is 6.97. The molecule has 0 aliphatic carbocycles. The summed E-state index contributed by atoms with van der Waals surface area (Å²) < 4.78 is 0. The van der Waals surface area contributed by atoms with Crippen LogP contribution in [0.4, 0.5) is 0 Å². The fourth-order valence-corrected chi connectivity index (χ4v) is 0.921. The first-order valence-electron chi connectivity index (χ1n) is 4.01. The van der Waals surface area contributed by atoms with E-state index >= 15 is 0 Å². The van der Waals surface area contributed by atoms with Crippen molar-refractivity contribution < 1.29 is 4.79 Å². The second kappa shape index (κ2) is 3.85. The Hall–Kier alpha value is -1.64. The maximum Gasteiger partial charge on any atom is 0.278 e. The van der Waals surface area contributed by atoms with Crippen LogP contribution < -0.4 is 5.73 Å². The molecule has 3 heteroatoms. The zero-order valence-corrected chi connectivity index (χ0v) is 7.74. The normalized spacial score (nSPS) is 11.4. The van der Waals surface area contributed by atoms with Crippen molar-refractivity contribution in [1.29, 1.82) is 0 Å². The van der Waals surface area contributed by atoms with Crippen LogP contribution in [0.3, 0.4) is 0 Å². The third-order valence-electron chi connectivity index (χ3n) is 1.58. The molecule has 0 saturated carbocycles. The molecule has 2 N–H and O–H groups in total. The topological polar surface area (TPSA) is 55.4 Å². The van der Waals surface area contributed by atoms with Crippen LogP contribution in [-0.4, -0.2) is 11.7 Å². The predicted octanol–water partition coefficient (Wildman–Crippen LogP) is 1.51. The number of carbonyl (C=O) groups excluding carboxylic acids is 1. The molecule has 0 heterocycles. The fraction of sp³-hybridized carbons (Fsp3) is 0.200. The van der Waals surface area contributed by atoms with Crippen LogP contribution in [0.1, 0.15) is 22.8 Å². The van der Waals surface area contributed by atoms with Crippen molar-refractivity contribution in [3.63, 3.8) is 0 Å². The van der Waals surface area contributed by atoms with Gasteiger partial charge in [0.05, 0.1) is 0 Å². The third-order valence-corrected chi connectivity index (χ3v) is 1.58. The Labute approximate surface area is 77.3 Å². The van der Waals surface area contributed by atoms with Crippen molar-refractivity contribution in [2.45, 2.75) is 13.8 Å². The first kappa shape index (κ1) is 9.45. The number of amides is 1. The lowest BCUT2D eigenvalue weighted by molar-refractivity contribution is 0.100. The van der Waals surface area contributed by atoms with Crippen LogP contribution in [-0.2, 0) is 0 Å². The van der Waals surface area contributed by atoms with E-state index in [2.05, 4.69) is 4.99 Å². The summed E-state index contributed by atoms with van der Waals surface area (Å²) in [5, 5.41) is 0. The molecule has 0 spiro atoms.